The van der Waals surface area contributed by atoms with E-state index >= 15 is 0 Å². The molecule has 0 aliphatic heterocycles. The Balaban J connectivity index is 2.29. The number of carbonyl (C=O) groups is 2. The van der Waals surface area contributed by atoms with Gasteiger partial charge in [-0.3, -0.25) is 14.6 Å². The summed E-state index contributed by atoms with van der Waals surface area (Å²) >= 11 is 6.07. The number of ether oxygens (including phenoxy) is 2. The molecule has 0 atom stereocenters. The third-order valence-corrected chi connectivity index (χ3v) is 4.31. The fraction of sp³-hybridized carbons (Fsp3) is 0.316. The summed E-state index contributed by atoms with van der Waals surface area (Å²) in [6.45, 7) is 4.97. The maximum atomic E-state index is 12.6. The van der Waals surface area contributed by atoms with Gasteiger partial charge in [0.1, 0.15) is 17.2 Å². The second kappa shape index (κ2) is 9.23. The van der Waals surface area contributed by atoms with Crippen molar-refractivity contribution in [3.63, 3.8) is 0 Å². The molecule has 0 fully saturated rings. The van der Waals surface area contributed by atoms with Crippen LogP contribution < -0.4 is 14.8 Å². The summed E-state index contributed by atoms with van der Waals surface area (Å²) in [5.41, 5.74) is 0.898. The Morgan fingerprint density at radius 3 is 2.37 bits per heavy atom. The molecule has 0 radical (unpaired) electrons. The van der Waals surface area contributed by atoms with Crippen LogP contribution in [0.1, 0.15) is 34.7 Å². The highest BCUT2D eigenvalue weighted by Crippen LogP contribution is 2.36. The summed E-state index contributed by atoms with van der Waals surface area (Å²) in [5, 5.41) is 3.07. The zero-order chi connectivity index (χ0) is 20.0. The molecule has 8 heteroatoms. The summed E-state index contributed by atoms with van der Waals surface area (Å²) in [6, 6.07) is 6.16. The molecule has 1 aromatic heterocycles. The highest BCUT2D eigenvalue weighted by atomic mass is 35.5. The Bertz CT molecular complexity index is 838. The lowest BCUT2D eigenvalue weighted by molar-refractivity contribution is 0.0773. The van der Waals surface area contributed by atoms with Crippen LogP contribution in [-0.4, -0.2) is 49.0 Å². The molecular formula is C19H22ClN3O4. The first kappa shape index (κ1) is 20.5. The molecule has 144 valence electrons. The topological polar surface area (TPSA) is 80.8 Å². The number of hydrogen-bond donors (Lipinski definition) is 1. The van der Waals surface area contributed by atoms with Gasteiger partial charge in [-0.1, -0.05) is 11.6 Å². The zero-order valence-electron chi connectivity index (χ0n) is 15.7. The van der Waals surface area contributed by atoms with Gasteiger partial charge in [-0.2, -0.15) is 0 Å². The number of rotatable bonds is 7. The molecule has 0 spiro atoms. The predicted octanol–water partition coefficient (Wildman–Crippen LogP) is 3.49. The third kappa shape index (κ3) is 4.68. The van der Waals surface area contributed by atoms with Gasteiger partial charge in [0.05, 0.1) is 24.9 Å². The van der Waals surface area contributed by atoms with Gasteiger partial charge in [0.15, 0.2) is 0 Å². The van der Waals surface area contributed by atoms with E-state index in [1.54, 1.807) is 23.1 Å². The van der Waals surface area contributed by atoms with E-state index in [-0.39, 0.29) is 11.6 Å². The predicted molar refractivity (Wildman–Crippen MR) is 104 cm³/mol. The maximum absolute atomic E-state index is 12.6. The number of aromatic nitrogens is 1. The number of carbonyl (C=O) groups excluding carboxylic acids is 2. The molecule has 0 saturated heterocycles. The number of pyridine rings is 1. The number of nitrogens with one attached hydrogen (secondary N) is 1. The van der Waals surface area contributed by atoms with Crippen LogP contribution in [-0.2, 0) is 0 Å². The Kier molecular flexibility index (Phi) is 7.01. The van der Waals surface area contributed by atoms with Crippen molar-refractivity contribution in [3.05, 3.63) is 46.7 Å². The van der Waals surface area contributed by atoms with Crippen LogP contribution in [0, 0.1) is 0 Å². The van der Waals surface area contributed by atoms with Crippen LogP contribution in [0.5, 0.6) is 11.5 Å². The van der Waals surface area contributed by atoms with Gasteiger partial charge in [0.25, 0.3) is 11.8 Å². The van der Waals surface area contributed by atoms with Crippen molar-refractivity contribution < 1.29 is 19.1 Å². The van der Waals surface area contributed by atoms with Crippen molar-refractivity contribution in [3.8, 4) is 11.5 Å². The number of methoxy groups -OCH3 is 2. The third-order valence-electron chi connectivity index (χ3n) is 4.01. The van der Waals surface area contributed by atoms with Crippen molar-refractivity contribution >= 4 is 29.1 Å². The molecule has 0 bridgehead atoms. The summed E-state index contributed by atoms with van der Waals surface area (Å²) in [4.78, 5) is 30.8. The van der Waals surface area contributed by atoms with E-state index < -0.39 is 5.91 Å². The fourth-order valence-electron chi connectivity index (χ4n) is 2.53. The van der Waals surface area contributed by atoms with Gasteiger partial charge in [-0.05, 0) is 26.0 Å². The number of halogens is 1. The maximum Gasteiger partial charge on any atom is 0.274 e. The fourth-order valence-corrected chi connectivity index (χ4v) is 2.76. The second-order valence-electron chi connectivity index (χ2n) is 5.55. The Morgan fingerprint density at radius 2 is 1.78 bits per heavy atom. The van der Waals surface area contributed by atoms with E-state index in [0.717, 1.165) is 0 Å². The average Bonchev–Trinajstić information content (AvgIpc) is 2.69. The molecule has 2 aromatic rings. The molecule has 1 heterocycles. The quantitative estimate of drug-likeness (QED) is 0.781. The van der Waals surface area contributed by atoms with Crippen molar-refractivity contribution in [1.29, 1.82) is 0 Å². The lowest BCUT2D eigenvalue weighted by Gasteiger charge is -2.18. The van der Waals surface area contributed by atoms with E-state index in [9.17, 15) is 9.59 Å². The molecule has 27 heavy (non-hydrogen) atoms. The highest BCUT2D eigenvalue weighted by Gasteiger charge is 2.18. The minimum absolute atomic E-state index is 0.115. The van der Waals surface area contributed by atoms with Crippen molar-refractivity contribution in [1.82, 2.24) is 9.88 Å². The highest BCUT2D eigenvalue weighted by molar-refractivity contribution is 6.32. The average molecular weight is 392 g/mol. The van der Waals surface area contributed by atoms with Crippen LogP contribution >= 0.6 is 11.6 Å². The first-order valence-electron chi connectivity index (χ1n) is 8.43. The van der Waals surface area contributed by atoms with Crippen LogP contribution in [0.15, 0.2) is 30.5 Å². The van der Waals surface area contributed by atoms with Crippen LogP contribution in [0.4, 0.5) is 5.69 Å². The SMILES string of the molecule is CCN(CC)C(=O)c1ccnc(C(=O)Nc2cc(OC)c(Cl)cc2OC)c1. The second-order valence-corrected chi connectivity index (χ2v) is 5.96. The Hall–Kier alpha value is -2.80. The number of nitrogens with zero attached hydrogens (tertiary/aromatic N) is 2. The smallest absolute Gasteiger partial charge is 0.274 e. The molecule has 2 rings (SSSR count). The number of hydrogen-bond acceptors (Lipinski definition) is 5. The van der Waals surface area contributed by atoms with Crippen molar-refractivity contribution in [2.75, 3.05) is 32.6 Å². The molecule has 0 aliphatic carbocycles. The minimum Gasteiger partial charge on any atom is -0.495 e. The van der Waals surface area contributed by atoms with Crippen LogP contribution in [0.25, 0.3) is 0 Å². The molecular weight excluding hydrogens is 370 g/mol. The van der Waals surface area contributed by atoms with Crippen LogP contribution in [0.2, 0.25) is 5.02 Å². The Labute approximate surface area is 163 Å². The summed E-state index contributed by atoms with van der Waals surface area (Å²) in [5.74, 6) is 0.143. The molecule has 1 aromatic carbocycles. The number of anilines is 1. The first-order valence-corrected chi connectivity index (χ1v) is 8.81. The van der Waals surface area contributed by atoms with Gasteiger partial charge in [-0.15, -0.1) is 0 Å². The summed E-state index contributed by atoms with van der Waals surface area (Å²) in [7, 11) is 2.94. The van der Waals surface area contributed by atoms with Crippen molar-refractivity contribution in [2.45, 2.75) is 13.8 Å². The zero-order valence-corrected chi connectivity index (χ0v) is 16.5. The monoisotopic (exact) mass is 391 g/mol. The van der Waals surface area contributed by atoms with Gasteiger partial charge >= 0.3 is 0 Å². The number of amides is 2. The van der Waals surface area contributed by atoms with Crippen molar-refractivity contribution in [2.24, 2.45) is 0 Å². The molecule has 2 amide bonds. The normalized spacial score (nSPS) is 10.3. The van der Waals surface area contributed by atoms with E-state index in [4.69, 9.17) is 21.1 Å². The molecule has 0 unspecified atom stereocenters. The Morgan fingerprint density at radius 1 is 1.11 bits per heavy atom. The van der Waals surface area contributed by atoms with Gasteiger partial charge in [0, 0.05) is 37.0 Å². The van der Waals surface area contributed by atoms with Crippen LogP contribution in [0.3, 0.4) is 0 Å². The van der Waals surface area contributed by atoms with E-state index in [1.165, 1.54) is 26.5 Å². The molecule has 0 saturated carbocycles. The minimum atomic E-state index is -0.480. The largest absolute Gasteiger partial charge is 0.495 e. The lowest BCUT2D eigenvalue weighted by Crippen LogP contribution is -2.30. The van der Waals surface area contributed by atoms with E-state index in [1.807, 2.05) is 13.8 Å². The van der Waals surface area contributed by atoms with E-state index in [0.29, 0.717) is 40.9 Å². The molecule has 1 N–H and O–H groups in total. The summed E-state index contributed by atoms with van der Waals surface area (Å²) in [6.07, 6.45) is 1.44. The number of benzene rings is 1. The molecule has 0 aliphatic rings. The first-order chi connectivity index (χ1) is 12.9. The van der Waals surface area contributed by atoms with Gasteiger partial charge in [0.2, 0.25) is 0 Å². The molecule has 7 nitrogen and oxygen atoms in total. The van der Waals surface area contributed by atoms with E-state index in [2.05, 4.69) is 10.3 Å². The van der Waals surface area contributed by atoms with Gasteiger partial charge < -0.3 is 19.7 Å². The standard InChI is InChI=1S/C19H22ClN3O4/c1-5-23(6-2)19(25)12-7-8-21-15(9-12)18(24)22-14-11-16(26-3)13(20)10-17(14)27-4/h7-11H,5-6H2,1-4H3,(H,22,24). The van der Waals surface area contributed by atoms with Gasteiger partial charge in [-0.25, -0.2) is 0 Å². The lowest BCUT2D eigenvalue weighted by atomic mass is 10.2. The summed E-state index contributed by atoms with van der Waals surface area (Å²) < 4.78 is 10.4.